The number of ether oxygens (including phenoxy) is 1. The van der Waals surface area contributed by atoms with Crippen LogP contribution in [-0.4, -0.2) is 41.9 Å². The second-order valence-electron chi connectivity index (χ2n) is 8.75. The number of para-hydroxylation sites is 4. The molecule has 0 aliphatic carbocycles. The van der Waals surface area contributed by atoms with Crippen LogP contribution in [0.4, 0.5) is 22.7 Å². The zero-order valence-corrected chi connectivity index (χ0v) is 25.9. The molecule has 4 aromatic carbocycles. The van der Waals surface area contributed by atoms with Crippen LogP contribution in [0.1, 0.15) is 23.6 Å². The summed E-state index contributed by atoms with van der Waals surface area (Å²) in [5.41, 5.74) is 8.19. The molecule has 0 bridgehead atoms. The van der Waals surface area contributed by atoms with E-state index in [2.05, 4.69) is 77.3 Å². The molecule has 41 heavy (non-hydrogen) atoms. The third-order valence-electron chi connectivity index (χ3n) is 5.81. The zero-order chi connectivity index (χ0) is 30.3. The molecule has 0 atom stereocenters. The molecule has 4 N–H and O–H groups in total. The van der Waals surface area contributed by atoms with Crippen LogP contribution >= 0.6 is 0 Å². The van der Waals surface area contributed by atoms with Gasteiger partial charge in [-0.2, -0.15) is 0 Å². The number of hydrogen-bond acceptors (Lipinski definition) is 7. The first-order chi connectivity index (χ1) is 19.9. The molecule has 0 radical (unpaired) electrons. The minimum absolute atomic E-state index is 0.466. The fourth-order valence-corrected chi connectivity index (χ4v) is 3.63. The first-order valence-corrected chi connectivity index (χ1v) is 13.7. The molecule has 0 aliphatic rings. The highest BCUT2D eigenvalue weighted by Crippen LogP contribution is 2.21. The molecule has 0 heterocycles. The van der Waals surface area contributed by atoms with Gasteiger partial charge in [-0.05, 0) is 68.3 Å². The lowest BCUT2D eigenvalue weighted by atomic mass is 10.2. The molecule has 222 valence electrons. The fraction of sp³-hybridized carbons (Fsp3) is 0.294. The normalized spacial score (nSPS) is 9.37. The number of rotatable bonds is 9. The number of benzene rings is 4. The van der Waals surface area contributed by atoms with Crippen molar-refractivity contribution in [1.29, 1.82) is 0 Å². The van der Waals surface area contributed by atoms with Crippen LogP contribution in [0.3, 0.4) is 0 Å². The maximum absolute atomic E-state index is 5.07. The van der Waals surface area contributed by atoms with Crippen molar-refractivity contribution in [3.63, 3.8) is 0 Å². The monoisotopic (exact) mass is 560 g/mol. The van der Waals surface area contributed by atoms with Gasteiger partial charge in [-0.25, -0.2) is 9.78 Å². The lowest BCUT2D eigenvalue weighted by Gasteiger charge is -2.06. The summed E-state index contributed by atoms with van der Waals surface area (Å²) in [5.74, 6) is 0.880. The smallest absolute Gasteiger partial charge is 0.141 e. The van der Waals surface area contributed by atoms with Crippen molar-refractivity contribution < 1.29 is 14.5 Å². The zero-order valence-electron chi connectivity index (χ0n) is 25.9. The predicted molar refractivity (Wildman–Crippen MR) is 176 cm³/mol. The molecule has 0 fully saturated rings. The molecule has 0 aliphatic heterocycles. The predicted octanol–water partition coefficient (Wildman–Crippen LogP) is 8.01. The molecule has 0 spiro atoms. The van der Waals surface area contributed by atoms with E-state index in [-0.39, 0.29) is 0 Å². The van der Waals surface area contributed by atoms with Crippen LogP contribution in [0.15, 0.2) is 97.1 Å². The average Bonchev–Trinajstić information content (AvgIpc) is 3.02. The van der Waals surface area contributed by atoms with E-state index in [4.69, 9.17) is 9.62 Å². The van der Waals surface area contributed by atoms with Gasteiger partial charge in [0, 0.05) is 50.3 Å². The second-order valence-corrected chi connectivity index (χ2v) is 8.75. The van der Waals surface area contributed by atoms with Crippen molar-refractivity contribution >= 4 is 22.7 Å². The van der Waals surface area contributed by atoms with E-state index in [1.807, 2.05) is 87.9 Å². The molecular formula is C34H48N4O3. The average molecular weight is 561 g/mol. The molecule has 0 saturated carbocycles. The molecule has 7 nitrogen and oxygen atoms in total. The van der Waals surface area contributed by atoms with E-state index < -0.39 is 0 Å². The molecule has 0 unspecified atom stereocenters. The van der Waals surface area contributed by atoms with Gasteiger partial charge in [0.2, 0.25) is 0 Å². The number of aryl methyl sites for hydroxylation is 2. The number of hydrogen-bond donors (Lipinski definition) is 4. The van der Waals surface area contributed by atoms with Gasteiger partial charge in [-0.15, -0.1) is 0 Å². The molecule has 0 amide bonds. The van der Waals surface area contributed by atoms with Gasteiger partial charge < -0.3 is 26.0 Å². The Balaban J connectivity index is 0.000000275. The SMILES string of the molecule is CCNc1ccccc1C.CNc1cccc(C)c1.CNc1ccccc1COOC.CNc1ccccc1OC. The van der Waals surface area contributed by atoms with Gasteiger partial charge in [0.05, 0.1) is 19.9 Å². The Kier molecular flexibility index (Phi) is 18.3. The van der Waals surface area contributed by atoms with Gasteiger partial charge in [0.1, 0.15) is 12.4 Å². The van der Waals surface area contributed by atoms with E-state index in [9.17, 15) is 0 Å². The van der Waals surface area contributed by atoms with Crippen molar-refractivity contribution in [2.24, 2.45) is 0 Å². The van der Waals surface area contributed by atoms with E-state index in [0.717, 1.165) is 29.2 Å². The van der Waals surface area contributed by atoms with Gasteiger partial charge in [-0.3, -0.25) is 0 Å². The van der Waals surface area contributed by atoms with Crippen molar-refractivity contribution in [1.82, 2.24) is 0 Å². The van der Waals surface area contributed by atoms with Gasteiger partial charge in [0.15, 0.2) is 0 Å². The number of anilines is 4. The molecular weight excluding hydrogens is 512 g/mol. The first kappa shape index (κ1) is 34.8. The summed E-state index contributed by atoms with van der Waals surface area (Å²) in [6.07, 6.45) is 0. The highest BCUT2D eigenvalue weighted by Gasteiger charge is 1.98. The largest absolute Gasteiger partial charge is 0.495 e. The topological polar surface area (TPSA) is 75.8 Å². The van der Waals surface area contributed by atoms with Crippen molar-refractivity contribution in [3.05, 3.63) is 114 Å². The summed E-state index contributed by atoms with van der Waals surface area (Å²) in [6.45, 7) is 7.75. The lowest BCUT2D eigenvalue weighted by molar-refractivity contribution is -0.282. The number of nitrogens with one attached hydrogen (secondary N) is 4. The summed E-state index contributed by atoms with van der Waals surface area (Å²) < 4.78 is 5.07. The fourth-order valence-electron chi connectivity index (χ4n) is 3.63. The van der Waals surface area contributed by atoms with E-state index >= 15 is 0 Å². The third kappa shape index (κ3) is 14.1. The van der Waals surface area contributed by atoms with Crippen LogP contribution in [0, 0.1) is 13.8 Å². The Morgan fingerprint density at radius 3 is 1.76 bits per heavy atom. The van der Waals surface area contributed by atoms with Crippen molar-refractivity contribution in [2.75, 3.05) is 63.2 Å². The summed E-state index contributed by atoms with van der Waals surface area (Å²) in [7, 11) is 8.84. The first-order valence-electron chi connectivity index (χ1n) is 13.7. The lowest BCUT2D eigenvalue weighted by Crippen LogP contribution is -1.97. The van der Waals surface area contributed by atoms with Gasteiger partial charge >= 0.3 is 0 Å². The van der Waals surface area contributed by atoms with Crippen LogP contribution in [0.25, 0.3) is 0 Å². The summed E-state index contributed by atoms with van der Waals surface area (Å²) in [4.78, 5) is 9.34. The van der Waals surface area contributed by atoms with E-state index in [1.54, 1.807) is 7.11 Å². The van der Waals surface area contributed by atoms with E-state index in [1.165, 1.54) is 29.6 Å². The highest BCUT2D eigenvalue weighted by molar-refractivity contribution is 5.55. The maximum atomic E-state index is 5.07. The maximum Gasteiger partial charge on any atom is 0.141 e. The van der Waals surface area contributed by atoms with Crippen molar-refractivity contribution in [3.8, 4) is 5.75 Å². The molecule has 0 saturated heterocycles. The summed E-state index contributed by atoms with van der Waals surface area (Å²) in [6, 6.07) is 32.3. The molecule has 4 aromatic rings. The van der Waals surface area contributed by atoms with Crippen LogP contribution in [-0.2, 0) is 16.4 Å². The number of methoxy groups -OCH3 is 1. The minimum Gasteiger partial charge on any atom is -0.495 e. The Hall–Kier alpha value is -4.20. The van der Waals surface area contributed by atoms with Crippen LogP contribution in [0.2, 0.25) is 0 Å². The third-order valence-corrected chi connectivity index (χ3v) is 5.81. The molecule has 7 heteroatoms. The molecule has 4 rings (SSSR count). The Morgan fingerprint density at radius 2 is 1.24 bits per heavy atom. The summed E-state index contributed by atoms with van der Waals surface area (Å²) >= 11 is 0. The Labute approximate surface area is 247 Å². The summed E-state index contributed by atoms with van der Waals surface area (Å²) in [5, 5.41) is 12.4. The van der Waals surface area contributed by atoms with Crippen LogP contribution < -0.4 is 26.0 Å². The minimum atomic E-state index is 0.466. The molecule has 0 aromatic heterocycles. The van der Waals surface area contributed by atoms with Crippen molar-refractivity contribution in [2.45, 2.75) is 27.4 Å². The van der Waals surface area contributed by atoms with Gasteiger partial charge in [0.25, 0.3) is 0 Å². The van der Waals surface area contributed by atoms with Gasteiger partial charge in [-0.1, -0.05) is 60.7 Å². The quantitative estimate of drug-likeness (QED) is 0.122. The Morgan fingerprint density at radius 1 is 0.634 bits per heavy atom. The standard InChI is InChI=1S/C9H13NO2.C9H13N.C8H11NO.C8H11N/c1-10-9-6-4-3-5-8(9)7-12-11-2;1-3-10-9-7-5-4-6-8(9)2;1-9-7-5-3-4-6-8(7)10-2;1-7-4-3-5-8(6-7)9-2/h3-6,10H,7H2,1-2H3;4-7,10H,3H2,1-2H3;3-6,9H,1-2H3;3-6,9H,1-2H3. The Bertz CT molecular complexity index is 1210. The highest BCUT2D eigenvalue weighted by atomic mass is 17.2. The van der Waals surface area contributed by atoms with E-state index in [0.29, 0.717) is 6.61 Å². The van der Waals surface area contributed by atoms with Crippen LogP contribution in [0.5, 0.6) is 5.75 Å². The second kappa shape index (κ2) is 21.6.